The molecule has 0 bridgehead atoms. The van der Waals surface area contributed by atoms with Crippen LogP contribution in [0.4, 0.5) is 10.1 Å². The van der Waals surface area contributed by atoms with Crippen LogP contribution >= 0.6 is 0 Å². The number of halogens is 1. The predicted molar refractivity (Wildman–Crippen MR) is 68.3 cm³/mol. The van der Waals surface area contributed by atoms with Crippen LogP contribution in [0, 0.1) is 5.82 Å². The van der Waals surface area contributed by atoms with Crippen molar-refractivity contribution in [1.82, 2.24) is 0 Å². The van der Waals surface area contributed by atoms with E-state index in [0.29, 0.717) is 24.7 Å². The molecule has 1 aromatic carbocycles. The number of ether oxygens (including phenoxy) is 3. The van der Waals surface area contributed by atoms with Crippen LogP contribution in [-0.4, -0.2) is 25.1 Å². The van der Waals surface area contributed by atoms with Gasteiger partial charge in [0.2, 0.25) is 0 Å². The fourth-order valence-corrected chi connectivity index (χ4v) is 2.72. The Hall–Kier alpha value is -1.33. The Morgan fingerprint density at radius 2 is 1.89 bits per heavy atom. The largest absolute Gasteiger partial charge is 0.488 e. The lowest BCUT2D eigenvalue weighted by Gasteiger charge is -2.35. The molecular formula is C14H18FNO3. The summed E-state index contributed by atoms with van der Waals surface area (Å²) in [7, 11) is 0. The fraction of sp³-hybridized carbons (Fsp3) is 0.571. The van der Waals surface area contributed by atoms with E-state index in [2.05, 4.69) is 0 Å². The van der Waals surface area contributed by atoms with Crippen LogP contribution in [0.2, 0.25) is 0 Å². The van der Waals surface area contributed by atoms with Crippen molar-refractivity contribution in [3.63, 3.8) is 0 Å². The molecule has 0 atom stereocenters. The number of anilines is 1. The van der Waals surface area contributed by atoms with Crippen LogP contribution in [-0.2, 0) is 9.47 Å². The average molecular weight is 267 g/mol. The highest BCUT2D eigenvalue weighted by molar-refractivity contribution is 5.52. The van der Waals surface area contributed by atoms with Crippen molar-refractivity contribution in [3.05, 3.63) is 24.0 Å². The van der Waals surface area contributed by atoms with Crippen LogP contribution in [0.5, 0.6) is 5.75 Å². The highest BCUT2D eigenvalue weighted by Crippen LogP contribution is 2.37. The molecule has 1 aliphatic carbocycles. The second-order valence-corrected chi connectivity index (χ2v) is 5.11. The molecule has 1 heterocycles. The first-order valence-electron chi connectivity index (χ1n) is 6.66. The number of hydrogen-bond donors (Lipinski definition) is 1. The molecule has 0 radical (unpaired) electrons. The Kier molecular flexibility index (Phi) is 3.33. The van der Waals surface area contributed by atoms with E-state index in [4.69, 9.17) is 19.9 Å². The van der Waals surface area contributed by atoms with Crippen LogP contribution in [0.3, 0.4) is 0 Å². The van der Waals surface area contributed by atoms with Crippen molar-refractivity contribution in [1.29, 1.82) is 0 Å². The van der Waals surface area contributed by atoms with Gasteiger partial charge < -0.3 is 19.9 Å². The van der Waals surface area contributed by atoms with Gasteiger partial charge in [-0.1, -0.05) is 0 Å². The average Bonchev–Trinajstić information content (AvgIpc) is 2.85. The van der Waals surface area contributed by atoms with Crippen molar-refractivity contribution in [2.75, 3.05) is 18.9 Å². The molecule has 1 aliphatic heterocycles. The summed E-state index contributed by atoms with van der Waals surface area (Å²) in [5, 5.41) is 0. The standard InChI is InChI=1S/C14H18FNO3/c15-10-1-2-12(16)13(9-10)19-11-3-5-14(6-4-11)17-7-8-18-14/h1-2,9,11H,3-8,16H2. The summed E-state index contributed by atoms with van der Waals surface area (Å²) < 4.78 is 30.3. The normalized spacial score (nSPS) is 22.8. The maximum atomic E-state index is 13.2. The zero-order valence-electron chi connectivity index (χ0n) is 10.7. The van der Waals surface area contributed by atoms with Crippen LogP contribution in [0.15, 0.2) is 18.2 Å². The van der Waals surface area contributed by atoms with Gasteiger partial charge in [-0.3, -0.25) is 0 Å². The van der Waals surface area contributed by atoms with Crippen molar-refractivity contribution in [3.8, 4) is 5.75 Å². The third-order valence-corrected chi connectivity index (χ3v) is 3.78. The number of rotatable bonds is 2. The highest BCUT2D eigenvalue weighted by Gasteiger charge is 2.40. The molecule has 2 fully saturated rings. The quantitative estimate of drug-likeness (QED) is 0.836. The van der Waals surface area contributed by atoms with Crippen LogP contribution in [0.25, 0.3) is 0 Å². The summed E-state index contributed by atoms with van der Waals surface area (Å²) >= 11 is 0. The Bertz CT molecular complexity index is 450. The van der Waals surface area contributed by atoms with Gasteiger partial charge in [0.1, 0.15) is 11.6 Å². The van der Waals surface area contributed by atoms with E-state index in [1.165, 1.54) is 18.2 Å². The first kappa shape index (κ1) is 12.7. The van der Waals surface area contributed by atoms with E-state index < -0.39 is 5.79 Å². The lowest BCUT2D eigenvalue weighted by atomic mass is 9.92. The van der Waals surface area contributed by atoms with Crippen molar-refractivity contribution in [2.24, 2.45) is 0 Å². The first-order chi connectivity index (χ1) is 9.17. The Balaban J connectivity index is 1.61. The maximum Gasteiger partial charge on any atom is 0.168 e. The lowest BCUT2D eigenvalue weighted by molar-refractivity contribution is -0.185. The third kappa shape index (κ3) is 2.67. The van der Waals surface area contributed by atoms with Gasteiger partial charge in [-0.15, -0.1) is 0 Å². The molecule has 1 saturated carbocycles. The summed E-state index contributed by atoms with van der Waals surface area (Å²) in [5.41, 5.74) is 6.25. The number of hydrogen-bond acceptors (Lipinski definition) is 4. The minimum atomic E-state index is -0.395. The van der Waals surface area contributed by atoms with Crippen molar-refractivity contribution >= 4 is 5.69 Å². The third-order valence-electron chi connectivity index (χ3n) is 3.78. The molecule has 1 saturated heterocycles. The minimum Gasteiger partial charge on any atom is -0.488 e. The van der Waals surface area contributed by atoms with E-state index in [0.717, 1.165) is 25.7 Å². The van der Waals surface area contributed by atoms with E-state index in [1.54, 1.807) is 0 Å². The molecule has 5 heteroatoms. The zero-order chi connectivity index (χ0) is 13.3. The molecular weight excluding hydrogens is 249 g/mol. The van der Waals surface area contributed by atoms with Crippen LogP contribution < -0.4 is 10.5 Å². The van der Waals surface area contributed by atoms with E-state index in [9.17, 15) is 4.39 Å². The molecule has 104 valence electrons. The highest BCUT2D eigenvalue weighted by atomic mass is 19.1. The lowest BCUT2D eigenvalue weighted by Crippen LogP contribution is -2.38. The summed E-state index contributed by atoms with van der Waals surface area (Å²) in [6, 6.07) is 4.19. The molecule has 2 aliphatic rings. The molecule has 4 nitrogen and oxygen atoms in total. The van der Waals surface area contributed by atoms with E-state index in [1.807, 2.05) is 0 Å². The maximum absolute atomic E-state index is 13.2. The number of nitrogens with two attached hydrogens (primary N) is 1. The van der Waals surface area contributed by atoms with Gasteiger partial charge in [-0.25, -0.2) is 4.39 Å². The van der Waals surface area contributed by atoms with Crippen molar-refractivity contribution in [2.45, 2.75) is 37.6 Å². The summed E-state index contributed by atoms with van der Waals surface area (Å²) in [6.45, 7) is 1.34. The van der Waals surface area contributed by atoms with E-state index in [-0.39, 0.29) is 11.9 Å². The van der Waals surface area contributed by atoms with Gasteiger partial charge in [0.25, 0.3) is 0 Å². The molecule has 2 N–H and O–H groups in total. The number of benzene rings is 1. The fourth-order valence-electron chi connectivity index (χ4n) is 2.72. The van der Waals surface area contributed by atoms with Crippen LogP contribution in [0.1, 0.15) is 25.7 Å². The first-order valence-corrected chi connectivity index (χ1v) is 6.66. The number of nitrogen functional groups attached to an aromatic ring is 1. The molecule has 19 heavy (non-hydrogen) atoms. The molecule has 3 rings (SSSR count). The van der Waals surface area contributed by atoms with Gasteiger partial charge in [0.15, 0.2) is 5.79 Å². The summed E-state index contributed by atoms with van der Waals surface area (Å²) in [4.78, 5) is 0. The molecule has 1 aromatic rings. The Morgan fingerprint density at radius 1 is 1.21 bits per heavy atom. The van der Waals surface area contributed by atoms with Gasteiger partial charge >= 0.3 is 0 Å². The molecule has 0 unspecified atom stereocenters. The second kappa shape index (κ2) is 4.98. The predicted octanol–water partition coefficient (Wildman–Crippen LogP) is 2.47. The summed E-state index contributed by atoms with van der Waals surface area (Å²) in [6.07, 6.45) is 3.33. The second-order valence-electron chi connectivity index (χ2n) is 5.11. The van der Waals surface area contributed by atoms with E-state index >= 15 is 0 Å². The SMILES string of the molecule is Nc1ccc(F)cc1OC1CCC2(CC1)OCCO2. The molecule has 0 amide bonds. The van der Waals surface area contributed by atoms with Gasteiger partial charge in [0.05, 0.1) is 25.0 Å². The zero-order valence-corrected chi connectivity index (χ0v) is 10.7. The van der Waals surface area contributed by atoms with Gasteiger partial charge in [0, 0.05) is 18.9 Å². The monoisotopic (exact) mass is 267 g/mol. The molecule has 1 spiro atoms. The topological polar surface area (TPSA) is 53.7 Å². The summed E-state index contributed by atoms with van der Waals surface area (Å²) in [5.74, 6) is -0.305. The minimum absolute atomic E-state index is 0.0440. The smallest absolute Gasteiger partial charge is 0.168 e. The van der Waals surface area contributed by atoms with Gasteiger partial charge in [-0.05, 0) is 25.0 Å². The van der Waals surface area contributed by atoms with Crippen molar-refractivity contribution < 1.29 is 18.6 Å². The Labute approximate surface area is 111 Å². The Morgan fingerprint density at radius 3 is 2.58 bits per heavy atom. The van der Waals surface area contributed by atoms with Gasteiger partial charge in [-0.2, -0.15) is 0 Å². The molecule has 0 aromatic heterocycles.